The molecule has 1 saturated heterocycles. The number of hydrogen-bond acceptors (Lipinski definition) is 4. The molecule has 0 spiro atoms. The Kier molecular flexibility index (Phi) is 5.28. The van der Waals surface area contributed by atoms with Crippen molar-refractivity contribution in [2.45, 2.75) is 12.6 Å². The molecule has 4 heteroatoms. The Morgan fingerprint density at radius 2 is 2.12 bits per heavy atom. The molecule has 2 aromatic rings. The maximum Gasteiger partial charge on any atom is 0.0705 e. The highest BCUT2D eigenvalue weighted by Gasteiger charge is 2.26. The molecule has 1 aliphatic heterocycles. The molecule has 0 saturated carbocycles. The van der Waals surface area contributed by atoms with Gasteiger partial charge < -0.3 is 5.32 Å². The summed E-state index contributed by atoms with van der Waals surface area (Å²) in [4.78, 5) is 9.63. The lowest BCUT2D eigenvalue weighted by Crippen LogP contribution is -2.53. The number of piperazine rings is 1. The third-order valence-corrected chi connectivity index (χ3v) is 4.65. The second-order valence-electron chi connectivity index (χ2n) is 6.42. The lowest BCUT2D eigenvalue weighted by atomic mass is 10.1. The lowest BCUT2D eigenvalue weighted by Gasteiger charge is -2.40. The molecule has 126 valence electrons. The highest BCUT2D eigenvalue weighted by molar-refractivity contribution is 5.78. The fourth-order valence-corrected chi connectivity index (χ4v) is 3.20. The Balaban J connectivity index is 1.67. The molecule has 0 radical (unpaired) electrons. The molecule has 1 N–H and O–H groups in total. The predicted molar refractivity (Wildman–Crippen MR) is 101 cm³/mol. The van der Waals surface area contributed by atoms with Gasteiger partial charge in [-0.15, -0.1) is 6.58 Å². The highest BCUT2D eigenvalue weighted by atomic mass is 15.3. The van der Waals surface area contributed by atoms with Gasteiger partial charge in [-0.2, -0.15) is 0 Å². The molecule has 1 aromatic heterocycles. The largest absolute Gasteiger partial charge is 0.384 e. The van der Waals surface area contributed by atoms with Crippen LogP contribution in [0.1, 0.15) is 5.69 Å². The van der Waals surface area contributed by atoms with E-state index in [1.165, 1.54) is 5.39 Å². The van der Waals surface area contributed by atoms with Gasteiger partial charge in [0.25, 0.3) is 0 Å². The topological polar surface area (TPSA) is 31.4 Å². The van der Waals surface area contributed by atoms with Gasteiger partial charge in [-0.05, 0) is 19.2 Å². The molecular formula is C20H26N4. The first-order chi connectivity index (χ1) is 11.7. The monoisotopic (exact) mass is 322 g/mol. The summed E-state index contributed by atoms with van der Waals surface area (Å²) >= 11 is 0. The lowest BCUT2D eigenvalue weighted by molar-refractivity contribution is 0.104. The van der Waals surface area contributed by atoms with Crippen LogP contribution in [0.4, 0.5) is 0 Å². The smallest absolute Gasteiger partial charge is 0.0705 e. The van der Waals surface area contributed by atoms with Gasteiger partial charge in [0.05, 0.1) is 17.3 Å². The maximum absolute atomic E-state index is 4.80. The molecule has 1 aromatic carbocycles. The van der Waals surface area contributed by atoms with Crippen LogP contribution < -0.4 is 5.32 Å². The Labute approximate surface area is 144 Å². The van der Waals surface area contributed by atoms with Crippen molar-refractivity contribution in [3.8, 4) is 0 Å². The Hall–Kier alpha value is -2.17. The quantitative estimate of drug-likeness (QED) is 0.829. The minimum Gasteiger partial charge on any atom is -0.384 e. The first-order valence-corrected chi connectivity index (χ1v) is 8.48. The number of nitrogens with one attached hydrogen (secondary N) is 1. The van der Waals surface area contributed by atoms with E-state index in [0.29, 0.717) is 6.04 Å². The molecule has 0 amide bonds. The van der Waals surface area contributed by atoms with E-state index >= 15 is 0 Å². The normalized spacial score (nSPS) is 19.3. The van der Waals surface area contributed by atoms with Gasteiger partial charge in [-0.1, -0.05) is 36.9 Å². The van der Waals surface area contributed by atoms with E-state index in [-0.39, 0.29) is 0 Å². The van der Waals surface area contributed by atoms with E-state index in [2.05, 4.69) is 65.7 Å². The summed E-state index contributed by atoms with van der Waals surface area (Å²) < 4.78 is 0. The van der Waals surface area contributed by atoms with E-state index in [4.69, 9.17) is 4.98 Å². The van der Waals surface area contributed by atoms with Crippen LogP contribution >= 0.6 is 0 Å². The summed E-state index contributed by atoms with van der Waals surface area (Å²) in [5, 5.41) is 4.54. The number of benzene rings is 1. The number of nitrogens with zero attached hydrogens (tertiary/aromatic N) is 3. The minimum atomic E-state index is 0.319. The van der Waals surface area contributed by atoms with Crippen molar-refractivity contribution in [3.63, 3.8) is 0 Å². The van der Waals surface area contributed by atoms with Gasteiger partial charge in [0, 0.05) is 43.8 Å². The van der Waals surface area contributed by atoms with Gasteiger partial charge >= 0.3 is 0 Å². The van der Waals surface area contributed by atoms with Crippen molar-refractivity contribution in [2.24, 2.45) is 0 Å². The number of para-hydroxylation sites is 1. The van der Waals surface area contributed by atoms with Crippen molar-refractivity contribution in [1.82, 2.24) is 20.1 Å². The third kappa shape index (κ3) is 3.83. The zero-order chi connectivity index (χ0) is 16.9. The molecule has 1 atom stereocenters. The van der Waals surface area contributed by atoms with Crippen LogP contribution in [0, 0.1) is 0 Å². The molecule has 1 aliphatic rings. The van der Waals surface area contributed by atoms with Crippen molar-refractivity contribution in [1.29, 1.82) is 0 Å². The number of aromatic nitrogens is 1. The van der Waals surface area contributed by atoms with Crippen LogP contribution in [0.25, 0.3) is 10.9 Å². The van der Waals surface area contributed by atoms with Crippen molar-refractivity contribution < 1.29 is 0 Å². The third-order valence-electron chi connectivity index (χ3n) is 4.65. The zero-order valence-electron chi connectivity index (χ0n) is 14.4. The number of rotatable bonds is 6. The number of pyridine rings is 1. The summed E-state index contributed by atoms with van der Waals surface area (Å²) in [5.74, 6) is 0. The van der Waals surface area contributed by atoms with E-state index in [0.717, 1.165) is 49.6 Å². The second kappa shape index (κ2) is 7.60. The minimum absolute atomic E-state index is 0.319. The van der Waals surface area contributed by atoms with Gasteiger partial charge in [0.1, 0.15) is 0 Å². The van der Waals surface area contributed by atoms with E-state index < -0.39 is 0 Å². The fraction of sp³-hybridized carbons (Fsp3) is 0.350. The van der Waals surface area contributed by atoms with Crippen LogP contribution in [-0.4, -0.2) is 54.1 Å². The van der Waals surface area contributed by atoms with E-state index in [1.54, 1.807) is 0 Å². The van der Waals surface area contributed by atoms with Gasteiger partial charge in [-0.25, -0.2) is 0 Å². The molecule has 0 bridgehead atoms. The van der Waals surface area contributed by atoms with Crippen LogP contribution in [0.15, 0.2) is 61.3 Å². The van der Waals surface area contributed by atoms with Crippen molar-refractivity contribution in [2.75, 3.05) is 33.2 Å². The maximum atomic E-state index is 4.80. The molecule has 1 fully saturated rings. The van der Waals surface area contributed by atoms with E-state index in [1.807, 2.05) is 12.1 Å². The number of hydrogen-bond donors (Lipinski definition) is 1. The molecule has 1 unspecified atom stereocenters. The Bertz CT molecular complexity index is 724. The molecule has 24 heavy (non-hydrogen) atoms. The SMILES string of the molecule is C=CCNC(=C)C1CN(Cc2ccc3ccccc3n2)CCN1C. The van der Waals surface area contributed by atoms with Crippen LogP contribution in [0.2, 0.25) is 0 Å². The summed E-state index contributed by atoms with van der Waals surface area (Å²) in [6.07, 6.45) is 1.87. The number of fused-ring (bicyclic) bond motifs is 1. The van der Waals surface area contributed by atoms with Gasteiger partial charge in [-0.3, -0.25) is 14.8 Å². The Morgan fingerprint density at radius 1 is 1.29 bits per heavy atom. The van der Waals surface area contributed by atoms with Crippen LogP contribution in [-0.2, 0) is 6.54 Å². The highest BCUT2D eigenvalue weighted by Crippen LogP contribution is 2.17. The number of likely N-dealkylation sites (N-methyl/N-ethyl adjacent to an activating group) is 1. The fourth-order valence-electron chi connectivity index (χ4n) is 3.20. The van der Waals surface area contributed by atoms with Crippen LogP contribution in [0.3, 0.4) is 0 Å². The average molecular weight is 322 g/mol. The Morgan fingerprint density at radius 3 is 2.96 bits per heavy atom. The molecule has 3 rings (SSSR count). The first kappa shape index (κ1) is 16.7. The standard InChI is InChI=1S/C20H26N4/c1-4-11-21-16(2)20-15-24(13-12-23(20)3)14-18-10-9-17-7-5-6-8-19(17)22-18/h4-10,20-21H,1-2,11-15H2,3H3. The van der Waals surface area contributed by atoms with Gasteiger partial charge in [0.15, 0.2) is 0 Å². The second-order valence-corrected chi connectivity index (χ2v) is 6.42. The zero-order valence-corrected chi connectivity index (χ0v) is 14.4. The predicted octanol–water partition coefficient (Wildman–Crippen LogP) is 2.64. The molecule has 4 nitrogen and oxygen atoms in total. The summed E-state index contributed by atoms with van der Waals surface area (Å²) in [6, 6.07) is 12.9. The van der Waals surface area contributed by atoms with Crippen molar-refractivity contribution in [3.05, 3.63) is 67.0 Å². The molecule has 0 aliphatic carbocycles. The summed E-state index contributed by atoms with van der Waals surface area (Å²) in [6.45, 7) is 12.7. The summed E-state index contributed by atoms with van der Waals surface area (Å²) in [7, 11) is 2.16. The molecular weight excluding hydrogens is 296 g/mol. The first-order valence-electron chi connectivity index (χ1n) is 8.48. The van der Waals surface area contributed by atoms with E-state index in [9.17, 15) is 0 Å². The summed E-state index contributed by atoms with van der Waals surface area (Å²) in [5.41, 5.74) is 3.26. The average Bonchev–Trinajstić information content (AvgIpc) is 2.61. The van der Waals surface area contributed by atoms with Crippen LogP contribution in [0.5, 0.6) is 0 Å². The molecule has 2 heterocycles. The van der Waals surface area contributed by atoms with Crippen molar-refractivity contribution >= 4 is 10.9 Å². The van der Waals surface area contributed by atoms with Gasteiger partial charge in [0.2, 0.25) is 0 Å².